The van der Waals surface area contributed by atoms with Crippen LogP contribution in [-0.2, 0) is 6.42 Å². The highest BCUT2D eigenvalue weighted by Gasteiger charge is 2.16. The zero-order valence-corrected chi connectivity index (χ0v) is 13.7. The molecule has 4 heteroatoms. The molecule has 0 saturated heterocycles. The van der Waals surface area contributed by atoms with Gasteiger partial charge in [0.05, 0.1) is 12.3 Å². The van der Waals surface area contributed by atoms with Gasteiger partial charge in [0.1, 0.15) is 12.4 Å². The molecule has 2 aromatic rings. The molecule has 0 aliphatic carbocycles. The number of nitrogens with one attached hydrogen (secondary N) is 1. The normalized spacial score (nSPS) is 13.0. The molecule has 0 aliphatic rings. The summed E-state index contributed by atoms with van der Waals surface area (Å²) in [7, 11) is 0. The van der Waals surface area contributed by atoms with E-state index >= 15 is 0 Å². The fourth-order valence-corrected chi connectivity index (χ4v) is 2.11. The zero-order chi connectivity index (χ0) is 16.7. The topological polar surface area (TPSA) is 71.3 Å². The minimum Gasteiger partial charge on any atom is -0.481 e. The van der Waals surface area contributed by atoms with E-state index in [-0.39, 0.29) is 6.61 Å². The summed E-state index contributed by atoms with van der Waals surface area (Å²) < 4.78 is 5.59. The molecule has 23 heavy (non-hydrogen) atoms. The molecule has 0 radical (unpaired) electrons. The van der Waals surface area contributed by atoms with Crippen LogP contribution in [0.3, 0.4) is 0 Å². The molecule has 0 amide bonds. The molecule has 1 unspecified atom stereocenters. The smallest absolute Gasteiger partial charge is 0.149 e. The highest BCUT2D eigenvalue weighted by Crippen LogP contribution is 2.12. The largest absolute Gasteiger partial charge is 0.481 e. The van der Waals surface area contributed by atoms with E-state index in [1.54, 1.807) is 0 Å². The number of aryl methyl sites for hydroxylation is 2. The van der Waals surface area contributed by atoms with Gasteiger partial charge < -0.3 is 20.6 Å². The summed E-state index contributed by atoms with van der Waals surface area (Å²) in [6, 6.07) is 11.8. The summed E-state index contributed by atoms with van der Waals surface area (Å²) in [6.07, 6.45) is 1.50. The van der Waals surface area contributed by atoms with Crippen LogP contribution in [0.5, 0.6) is 5.75 Å². The lowest BCUT2D eigenvalue weighted by Crippen LogP contribution is -2.40. The molecule has 0 saturated carbocycles. The number of hydrogen-bond donors (Lipinski definition) is 3. The Balaban J connectivity index is 1.83. The van der Waals surface area contributed by atoms with Gasteiger partial charge >= 0.3 is 0 Å². The maximum absolute atomic E-state index is 9.16. The van der Waals surface area contributed by atoms with Crippen molar-refractivity contribution in [3.8, 4) is 17.6 Å². The summed E-state index contributed by atoms with van der Waals surface area (Å²) in [5, 5.41) is 9.16. The first kappa shape index (κ1) is 17.1. The van der Waals surface area contributed by atoms with E-state index in [9.17, 15) is 0 Å². The number of rotatable bonds is 6. The molecule has 0 aliphatic heterocycles. The van der Waals surface area contributed by atoms with Crippen LogP contribution in [0.4, 0.5) is 0 Å². The molecule has 4 nitrogen and oxygen atoms in total. The summed E-state index contributed by atoms with van der Waals surface area (Å²) in [5.74, 6) is 6.88. The van der Waals surface area contributed by atoms with Gasteiger partial charge in [0, 0.05) is 11.2 Å². The minimum atomic E-state index is -0.543. The first-order valence-corrected chi connectivity index (χ1v) is 7.74. The van der Waals surface area contributed by atoms with Gasteiger partial charge in [-0.25, -0.2) is 0 Å². The SMILES string of the molecule is Cc1cccc(OCC#Cc2ccc(CCC(C)(N)CO)[nH]2)c1. The minimum absolute atomic E-state index is 0.0172. The summed E-state index contributed by atoms with van der Waals surface area (Å²) >= 11 is 0. The molecule has 1 heterocycles. The Morgan fingerprint density at radius 2 is 2.13 bits per heavy atom. The lowest BCUT2D eigenvalue weighted by Gasteiger charge is -2.20. The fourth-order valence-electron chi connectivity index (χ4n) is 2.11. The standard InChI is InChI=1S/C19H24N2O2/c1-15-5-3-7-18(13-15)23-12-4-6-16-8-9-17(21-16)10-11-19(2,20)14-22/h3,5,7-9,13,21-22H,10-12,14,20H2,1-2H3. The highest BCUT2D eigenvalue weighted by atomic mass is 16.5. The van der Waals surface area contributed by atoms with Crippen LogP contribution in [0.25, 0.3) is 0 Å². The van der Waals surface area contributed by atoms with Crippen molar-refractivity contribution < 1.29 is 9.84 Å². The van der Waals surface area contributed by atoms with Crippen molar-refractivity contribution in [3.63, 3.8) is 0 Å². The quantitative estimate of drug-likeness (QED) is 0.717. The summed E-state index contributed by atoms with van der Waals surface area (Å²) in [6.45, 7) is 4.21. The summed E-state index contributed by atoms with van der Waals surface area (Å²) in [4.78, 5) is 3.25. The average molecular weight is 312 g/mol. The number of aromatic amines is 1. The van der Waals surface area contributed by atoms with Gasteiger partial charge in [-0.3, -0.25) is 0 Å². The van der Waals surface area contributed by atoms with Crippen LogP contribution < -0.4 is 10.5 Å². The third-order valence-electron chi connectivity index (χ3n) is 3.60. The maximum atomic E-state index is 9.16. The van der Waals surface area contributed by atoms with Gasteiger partial charge in [-0.15, -0.1) is 0 Å². The molecule has 0 spiro atoms. The van der Waals surface area contributed by atoms with Gasteiger partial charge in [0.2, 0.25) is 0 Å². The van der Waals surface area contributed by atoms with Gasteiger partial charge in [0.25, 0.3) is 0 Å². The summed E-state index contributed by atoms with van der Waals surface area (Å²) in [5.41, 5.74) is 8.47. The monoisotopic (exact) mass is 312 g/mol. The van der Waals surface area contributed by atoms with Crippen molar-refractivity contribution in [2.75, 3.05) is 13.2 Å². The second-order valence-corrected chi connectivity index (χ2v) is 6.12. The lowest BCUT2D eigenvalue weighted by molar-refractivity contribution is 0.200. The second kappa shape index (κ2) is 7.87. The molecule has 0 fully saturated rings. The van der Waals surface area contributed by atoms with Crippen LogP contribution >= 0.6 is 0 Å². The molecule has 4 N–H and O–H groups in total. The van der Waals surface area contributed by atoms with E-state index in [4.69, 9.17) is 15.6 Å². The Labute approximate surface area is 137 Å². The third-order valence-corrected chi connectivity index (χ3v) is 3.60. The van der Waals surface area contributed by atoms with Crippen LogP contribution in [0.1, 0.15) is 30.3 Å². The molecule has 122 valence electrons. The molecule has 1 aromatic carbocycles. The predicted molar refractivity (Wildman–Crippen MR) is 92.3 cm³/mol. The van der Waals surface area contributed by atoms with E-state index in [0.29, 0.717) is 13.0 Å². The van der Waals surface area contributed by atoms with Crippen molar-refractivity contribution in [2.24, 2.45) is 5.73 Å². The van der Waals surface area contributed by atoms with Gasteiger partial charge in [-0.2, -0.15) is 0 Å². The van der Waals surface area contributed by atoms with Crippen LogP contribution in [0, 0.1) is 18.8 Å². The Kier molecular flexibility index (Phi) is 5.86. The number of H-pyrrole nitrogens is 1. The Morgan fingerprint density at radius 3 is 2.87 bits per heavy atom. The van der Waals surface area contributed by atoms with Crippen molar-refractivity contribution in [1.82, 2.24) is 4.98 Å². The number of benzene rings is 1. The molecule has 0 bridgehead atoms. The molecular weight excluding hydrogens is 288 g/mol. The van der Waals surface area contributed by atoms with Crippen LogP contribution in [-0.4, -0.2) is 28.8 Å². The zero-order valence-electron chi connectivity index (χ0n) is 13.7. The second-order valence-electron chi connectivity index (χ2n) is 6.12. The fraction of sp³-hybridized carbons (Fsp3) is 0.368. The van der Waals surface area contributed by atoms with Crippen molar-refractivity contribution in [3.05, 3.63) is 53.3 Å². The maximum Gasteiger partial charge on any atom is 0.149 e. The van der Waals surface area contributed by atoms with Gasteiger partial charge in [0.15, 0.2) is 0 Å². The van der Waals surface area contributed by atoms with E-state index in [2.05, 4.69) is 16.8 Å². The van der Waals surface area contributed by atoms with Gasteiger partial charge in [-0.1, -0.05) is 18.1 Å². The van der Waals surface area contributed by atoms with Crippen LogP contribution in [0.2, 0.25) is 0 Å². The highest BCUT2D eigenvalue weighted by molar-refractivity contribution is 5.31. The first-order chi connectivity index (χ1) is 11.0. The van der Waals surface area contributed by atoms with E-state index in [1.807, 2.05) is 50.2 Å². The number of aromatic nitrogens is 1. The van der Waals surface area contributed by atoms with E-state index in [1.165, 1.54) is 5.56 Å². The molecule has 2 rings (SSSR count). The third kappa shape index (κ3) is 5.82. The van der Waals surface area contributed by atoms with E-state index < -0.39 is 5.54 Å². The molecule has 1 atom stereocenters. The number of aliphatic hydroxyl groups is 1. The Bertz CT molecular complexity index is 693. The number of nitrogens with two attached hydrogens (primary N) is 1. The molecule has 1 aromatic heterocycles. The Morgan fingerprint density at radius 1 is 1.30 bits per heavy atom. The number of hydrogen-bond acceptors (Lipinski definition) is 3. The van der Waals surface area contributed by atoms with E-state index in [0.717, 1.165) is 23.6 Å². The number of aliphatic hydroxyl groups excluding tert-OH is 1. The predicted octanol–water partition coefficient (Wildman–Crippen LogP) is 2.40. The van der Waals surface area contributed by atoms with Crippen molar-refractivity contribution >= 4 is 0 Å². The Hall–Kier alpha value is -2.22. The van der Waals surface area contributed by atoms with Crippen LogP contribution in [0.15, 0.2) is 36.4 Å². The average Bonchev–Trinajstić information content (AvgIpc) is 2.98. The first-order valence-electron chi connectivity index (χ1n) is 7.74. The van der Waals surface area contributed by atoms with Crippen molar-refractivity contribution in [1.29, 1.82) is 0 Å². The van der Waals surface area contributed by atoms with Crippen molar-refractivity contribution in [2.45, 2.75) is 32.2 Å². The molecular formula is C19H24N2O2. The lowest BCUT2D eigenvalue weighted by atomic mass is 9.97. The number of ether oxygens (including phenoxy) is 1. The van der Waals surface area contributed by atoms with Gasteiger partial charge in [-0.05, 0) is 62.4 Å².